The molecule has 1 aromatic carbocycles. The normalized spacial score (nSPS) is 17.6. The van der Waals surface area contributed by atoms with Gasteiger partial charge in [-0.05, 0) is 23.6 Å². The molecule has 1 aliphatic rings. The molecule has 1 saturated heterocycles. The molecule has 1 aromatic rings. The summed E-state index contributed by atoms with van der Waals surface area (Å²) in [6.07, 6.45) is 0.670. The quantitative estimate of drug-likeness (QED) is 0.915. The van der Waals surface area contributed by atoms with Gasteiger partial charge in [0.2, 0.25) is 10.0 Å². The number of benzene rings is 1. The van der Waals surface area contributed by atoms with Crippen LogP contribution in [0.2, 0.25) is 0 Å². The Morgan fingerprint density at radius 1 is 1.32 bits per heavy atom. The third-order valence-electron chi connectivity index (χ3n) is 3.28. The van der Waals surface area contributed by atoms with E-state index in [9.17, 15) is 13.5 Å². The average Bonchev–Trinajstić information content (AvgIpc) is 2.47. The molecular formula is C13H19NO3S2. The molecule has 19 heavy (non-hydrogen) atoms. The topological polar surface area (TPSA) is 57.6 Å². The van der Waals surface area contributed by atoms with Crippen molar-refractivity contribution in [1.29, 1.82) is 0 Å². The number of sulfonamides is 1. The van der Waals surface area contributed by atoms with Crippen molar-refractivity contribution in [2.24, 2.45) is 0 Å². The number of nitrogens with zero attached hydrogens (tertiary/aromatic N) is 1. The molecule has 0 aromatic heterocycles. The van der Waals surface area contributed by atoms with Crippen molar-refractivity contribution < 1.29 is 13.5 Å². The number of rotatable bonds is 4. The highest BCUT2D eigenvalue weighted by molar-refractivity contribution is 7.99. The molecule has 106 valence electrons. The summed E-state index contributed by atoms with van der Waals surface area (Å²) in [7, 11) is -3.43. The zero-order valence-corrected chi connectivity index (χ0v) is 12.6. The minimum atomic E-state index is -3.43. The zero-order valence-electron chi connectivity index (χ0n) is 11.0. The van der Waals surface area contributed by atoms with Gasteiger partial charge in [-0.25, -0.2) is 8.42 Å². The zero-order chi connectivity index (χ0) is 13.9. The van der Waals surface area contributed by atoms with Gasteiger partial charge in [0.15, 0.2) is 0 Å². The van der Waals surface area contributed by atoms with Gasteiger partial charge in [-0.2, -0.15) is 16.1 Å². The number of aliphatic hydroxyl groups is 1. The predicted molar refractivity (Wildman–Crippen MR) is 77.8 cm³/mol. The van der Waals surface area contributed by atoms with E-state index in [0.717, 1.165) is 17.1 Å². The Bertz CT molecular complexity index is 537. The largest absolute Gasteiger partial charge is 0.392 e. The van der Waals surface area contributed by atoms with E-state index in [2.05, 4.69) is 0 Å². The molecule has 1 N–H and O–H groups in total. The fraction of sp³-hybridized carbons (Fsp3) is 0.538. The first-order valence-electron chi connectivity index (χ1n) is 6.40. The summed E-state index contributed by atoms with van der Waals surface area (Å²) in [6, 6.07) is 5.19. The second kappa shape index (κ2) is 6.26. The van der Waals surface area contributed by atoms with Crippen LogP contribution < -0.4 is 0 Å². The van der Waals surface area contributed by atoms with Crippen molar-refractivity contribution in [1.82, 2.24) is 4.31 Å². The van der Waals surface area contributed by atoms with Gasteiger partial charge < -0.3 is 5.11 Å². The van der Waals surface area contributed by atoms with Crippen LogP contribution in [0.3, 0.4) is 0 Å². The fourth-order valence-electron chi connectivity index (χ4n) is 2.16. The van der Waals surface area contributed by atoms with Gasteiger partial charge in [-0.3, -0.25) is 0 Å². The first kappa shape index (κ1) is 14.8. The Balaban J connectivity index is 2.43. The summed E-state index contributed by atoms with van der Waals surface area (Å²) in [4.78, 5) is 0.355. The van der Waals surface area contributed by atoms with E-state index >= 15 is 0 Å². The van der Waals surface area contributed by atoms with Gasteiger partial charge in [0.1, 0.15) is 0 Å². The molecule has 6 heteroatoms. The van der Waals surface area contributed by atoms with Gasteiger partial charge in [-0.15, -0.1) is 0 Å². The molecule has 0 atom stereocenters. The fourth-order valence-corrected chi connectivity index (χ4v) is 5.08. The second-order valence-electron chi connectivity index (χ2n) is 4.47. The molecule has 2 rings (SSSR count). The van der Waals surface area contributed by atoms with E-state index in [0.29, 0.717) is 30.0 Å². The van der Waals surface area contributed by atoms with Gasteiger partial charge >= 0.3 is 0 Å². The van der Waals surface area contributed by atoms with Gasteiger partial charge in [-0.1, -0.05) is 19.1 Å². The Kier molecular flexibility index (Phi) is 4.89. The van der Waals surface area contributed by atoms with E-state index in [1.807, 2.05) is 6.92 Å². The molecule has 0 saturated carbocycles. The molecule has 0 amide bonds. The average molecular weight is 301 g/mol. The van der Waals surface area contributed by atoms with Crippen molar-refractivity contribution in [2.75, 3.05) is 24.6 Å². The molecular weight excluding hydrogens is 282 g/mol. The standard InChI is InChI=1S/C13H19NO3S2/c1-2-12-4-3-11(10-15)9-13(12)19(16,17)14-5-7-18-8-6-14/h3-4,9,15H,2,5-8,10H2,1H3. The van der Waals surface area contributed by atoms with E-state index in [1.165, 1.54) is 0 Å². The van der Waals surface area contributed by atoms with Crippen LogP contribution in [0.5, 0.6) is 0 Å². The van der Waals surface area contributed by atoms with E-state index in [-0.39, 0.29) is 6.61 Å². The molecule has 1 aliphatic heterocycles. The number of hydrogen-bond acceptors (Lipinski definition) is 4. The summed E-state index contributed by atoms with van der Waals surface area (Å²) in [5, 5.41) is 9.19. The Morgan fingerprint density at radius 2 is 2.00 bits per heavy atom. The van der Waals surface area contributed by atoms with Gasteiger partial charge in [0.05, 0.1) is 11.5 Å². The first-order valence-corrected chi connectivity index (χ1v) is 8.99. The number of aliphatic hydroxyl groups excluding tert-OH is 1. The van der Waals surface area contributed by atoms with Crippen molar-refractivity contribution >= 4 is 21.8 Å². The SMILES string of the molecule is CCc1ccc(CO)cc1S(=O)(=O)N1CCSCC1. The lowest BCUT2D eigenvalue weighted by molar-refractivity contribution is 0.281. The highest BCUT2D eigenvalue weighted by Crippen LogP contribution is 2.24. The summed E-state index contributed by atoms with van der Waals surface area (Å²) < 4.78 is 26.9. The van der Waals surface area contributed by atoms with E-state index in [1.54, 1.807) is 34.3 Å². The van der Waals surface area contributed by atoms with Crippen molar-refractivity contribution in [3.05, 3.63) is 29.3 Å². The lowest BCUT2D eigenvalue weighted by Crippen LogP contribution is -2.38. The molecule has 0 spiro atoms. The van der Waals surface area contributed by atoms with Crippen molar-refractivity contribution in [3.8, 4) is 0 Å². The number of hydrogen-bond donors (Lipinski definition) is 1. The highest BCUT2D eigenvalue weighted by Gasteiger charge is 2.28. The number of aryl methyl sites for hydroxylation is 1. The minimum absolute atomic E-state index is 0.137. The monoisotopic (exact) mass is 301 g/mol. The maximum Gasteiger partial charge on any atom is 0.243 e. The van der Waals surface area contributed by atoms with Crippen LogP contribution >= 0.6 is 11.8 Å². The molecule has 4 nitrogen and oxygen atoms in total. The third kappa shape index (κ3) is 3.13. The first-order chi connectivity index (χ1) is 9.09. The van der Waals surface area contributed by atoms with Crippen molar-refractivity contribution in [2.45, 2.75) is 24.8 Å². The maximum atomic E-state index is 12.7. The number of thioether (sulfide) groups is 1. The van der Waals surface area contributed by atoms with Crippen LogP contribution in [0.15, 0.2) is 23.1 Å². The summed E-state index contributed by atoms with van der Waals surface area (Å²) in [5.41, 5.74) is 1.46. The van der Waals surface area contributed by atoms with Crippen LogP contribution in [0.25, 0.3) is 0 Å². The third-order valence-corrected chi connectivity index (χ3v) is 6.21. The van der Waals surface area contributed by atoms with Gasteiger partial charge in [0, 0.05) is 24.6 Å². The van der Waals surface area contributed by atoms with E-state index < -0.39 is 10.0 Å². The molecule has 0 aliphatic carbocycles. The van der Waals surface area contributed by atoms with Crippen LogP contribution in [0, 0.1) is 0 Å². The minimum Gasteiger partial charge on any atom is -0.392 e. The highest BCUT2D eigenvalue weighted by atomic mass is 32.2. The summed E-state index contributed by atoms with van der Waals surface area (Å²) in [5.74, 6) is 1.70. The van der Waals surface area contributed by atoms with Crippen molar-refractivity contribution in [3.63, 3.8) is 0 Å². The Labute approximate surface area is 118 Å². The molecule has 1 heterocycles. The molecule has 1 fully saturated rings. The lowest BCUT2D eigenvalue weighted by atomic mass is 10.1. The maximum absolute atomic E-state index is 12.7. The van der Waals surface area contributed by atoms with Crippen LogP contribution in [-0.4, -0.2) is 42.4 Å². The Morgan fingerprint density at radius 3 is 2.58 bits per heavy atom. The molecule has 0 bridgehead atoms. The van der Waals surface area contributed by atoms with Crippen LogP contribution in [0.4, 0.5) is 0 Å². The predicted octanol–water partition coefficient (Wildman–Crippen LogP) is 1.48. The second-order valence-corrected chi connectivity index (χ2v) is 7.60. The van der Waals surface area contributed by atoms with Crippen LogP contribution in [-0.2, 0) is 23.1 Å². The smallest absolute Gasteiger partial charge is 0.243 e. The van der Waals surface area contributed by atoms with Gasteiger partial charge in [0.25, 0.3) is 0 Å². The molecule has 0 unspecified atom stereocenters. The lowest BCUT2D eigenvalue weighted by Gasteiger charge is -2.26. The summed E-state index contributed by atoms with van der Waals surface area (Å²) in [6.45, 7) is 2.94. The van der Waals surface area contributed by atoms with Crippen LogP contribution in [0.1, 0.15) is 18.1 Å². The van der Waals surface area contributed by atoms with E-state index in [4.69, 9.17) is 0 Å². The summed E-state index contributed by atoms with van der Waals surface area (Å²) >= 11 is 1.78. The molecule has 0 radical (unpaired) electrons. The Hall–Kier alpha value is -0.560.